The van der Waals surface area contributed by atoms with Gasteiger partial charge in [0.2, 0.25) is 5.91 Å². The zero-order valence-electron chi connectivity index (χ0n) is 17.6. The number of nitrogens with zero attached hydrogens (tertiary/aromatic N) is 1. The van der Waals surface area contributed by atoms with Crippen molar-refractivity contribution in [3.63, 3.8) is 0 Å². The second-order valence-corrected chi connectivity index (χ2v) is 8.39. The van der Waals surface area contributed by atoms with Crippen LogP contribution in [0, 0.1) is 5.92 Å². The molecule has 1 N–H and O–H groups in total. The van der Waals surface area contributed by atoms with E-state index in [4.69, 9.17) is 9.47 Å². The molecule has 0 radical (unpaired) electrons. The van der Waals surface area contributed by atoms with Crippen LogP contribution < -0.4 is 15.0 Å². The van der Waals surface area contributed by atoms with E-state index >= 15 is 0 Å². The lowest BCUT2D eigenvalue weighted by atomic mass is 10.1. The summed E-state index contributed by atoms with van der Waals surface area (Å²) in [6, 6.07) is 23.5. The Labute approximate surface area is 199 Å². The van der Waals surface area contributed by atoms with Gasteiger partial charge in [-0.15, -0.1) is 0 Å². The molecule has 0 unspecified atom stereocenters. The molecule has 1 aliphatic rings. The van der Waals surface area contributed by atoms with Gasteiger partial charge in [0, 0.05) is 28.8 Å². The first-order chi connectivity index (χ1) is 16.0. The summed E-state index contributed by atoms with van der Waals surface area (Å²) in [4.78, 5) is 38.4. The normalized spacial score (nSPS) is 15.2. The number of hydrogen-bond acceptors (Lipinski definition) is 5. The summed E-state index contributed by atoms with van der Waals surface area (Å²) in [7, 11) is 0. The van der Waals surface area contributed by atoms with Crippen molar-refractivity contribution in [1.82, 2.24) is 0 Å². The number of amides is 2. The summed E-state index contributed by atoms with van der Waals surface area (Å²) in [5.41, 5.74) is 1.27. The summed E-state index contributed by atoms with van der Waals surface area (Å²) < 4.78 is 11.8. The van der Waals surface area contributed by atoms with Crippen LogP contribution in [0.25, 0.3) is 0 Å². The van der Waals surface area contributed by atoms with Gasteiger partial charge in [-0.2, -0.15) is 0 Å². The summed E-state index contributed by atoms with van der Waals surface area (Å²) >= 11 is 3.36. The second kappa shape index (κ2) is 10.3. The van der Waals surface area contributed by atoms with Crippen molar-refractivity contribution >= 4 is 45.1 Å². The molecule has 1 heterocycles. The van der Waals surface area contributed by atoms with Gasteiger partial charge in [-0.05, 0) is 60.7 Å². The molecule has 3 aromatic rings. The Morgan fingerprint density at radius 3 is 2.30 bits per heavy atom. The molecule has 0 spiro atoms. The second-order valence-electron chi connectivity index (χ2n) is 7.48. The van der Waals surface area contributed by atoms with Gasteiger partial charge < -0.3 is 19.7 Å². The number of hydrogen-bond donors (Lipinski definition) is 1. The van der Waals surface area contributed by atoms with E-state index in [1.165, 1.54) is 0 Å². The number of halogens is 1. The molecule has 1 atom stereocenters. The third-order valence-electron chi connectivity index (χ3n) is 5.06. The summed E-state index contributed by atoms with van der Waals surface area (Å²) in [5.74, 6) is -0.444. The Morgan fingerprint density at radius 1 is 0.939 bits per heavy atom. The molecule has 7 nitrogen and oxygen atoms in total. The number of para-hydroxylation sites is 1. The highest BCUT2D eigenvalue weighted by molar-refractivity contribution is 9.10. The Kier molecular flexibility index (Phi) is 7.04. The highest BCUT2D eigenvalue weighted by Crippen LogP contribution is 2.27. The summed E-state index contributed by atoms with van der Waals surface area (Å²) in [6.45, 7) is -0.201. The van der Waals surface area contributed by atoms with Crippen molar-refractivity contribution in [1.29, 1.82) is 0 Å². The van der Waals surface area contributed by atoms with Gasteiger partial charge in [-0.3, -0.25) is 14.4 Å². The summed E-state index contributed by atoms with van der Waals surface area (Å²) in [5, 5.41) is 2.67. The average Bonchev–Trinajstić information content (AvgIpc) is 3.21. The highest BCUT2D eigenvalue weighted by atomic mass is 79.9. The molecule has 3 aromatic carbocycles. The average molecular weight is 509 g/mol. The molecule has 8 heteroatoms. The Hall–Kier alpha value is -3.65. The fraction of sp³-hybridized carbons (Fsp3) is 0.160. The lowest BCUT2D eigenvalue weighted by Crippen LogP contribution is -2.28. The van der Waals surface area contributed by atoms with Gasteiger partial charge in [0.25, 0.3) is 5.91 Å². The molecule has 2 amide bonds. The van der Waals surface area contributed by atoms with Crippen LogP contribution in [0.1, 0.15) is 6.42 Å². The molecule has 1 fully saturated rings. The number of rotatable bonds is 7. The van der Waals surface area contributed by atoms with Crippen molar-refractivity contribution in [2.45, 2.75) is 6.42 Å². The molecule has 168 valence electrons. The number of carbonyl (C=O) groups is 3. The van der Waals surface area contributed by atoms with Crippen molar-refractivity contribution < 1.29 is 23.9 Å². The van der Waals surface area contributed by atoms with E-state index in [0.29, 0.717) is 17.2 Å². The fourth-order valence-electron chi connectivity index (χ4n) is 3.42. The molecule has 0 saturated carbocycles. The minimum absolute atomic E-state index is 0.0550. The largest absolute Gasteiger partial charge is 0.457 e. The van der Waals surface area contributed by atoms with Crippen molar-refractivity contribution in [2.75, 3.05) is 23.4 Å². The Bertz CT molecular complexity index is 1130. The van der Waals surface area contributed by atoms with Crippen LogP contribution in [0.5, 0.6) is 11.5 Å². The smallest absolute Gasteiger partial charge is 0.311 e. The van der Waals surface area contributed by atoms with Crippen LogP contribution in [0.2, 0.25) is 0 Å². The van der Waals surface area contributed by atoms with Crippen LogP contribution in [0.15, 0.2) is 83.3 Å². The third kappa shape index (κ3) is 5.98. The van der Waals surface area contributed by atoms with Crippen LogP contribution in [-0.2, 0) is 19.1 Å². The van der Waals surface area contributed by atoms with Crippen LogP contribution in [0.4, 0.5) is 11.4 Å². The van der Waals surface area contributed by atoms with Crippen molar-refractivity contribution in [3.8, 4) is 11.5 Å². The molecule has 1 aliphatic heterocycles. The first kappa shape index (κ1) is 22.5. The first-order valence-electron chi connectivity index (χ1n) is 10.3. The number of ether oxygens (including phenoxy) is 2. The van der Waals surface area contributed by atoms with E-state index in [2.05, 4.69) is 21.2 Å². The van der Waals surface area contributed by atoms with E-state index in [-0.39, 0.29) is 18.9 Å². The summed E-state index contributed by atoms with van der Waals surface area (Å²) in [6.07, 6.45) is 0.0550. The number of nitrogens with one attached hydrogen (secondary N) is 1. The number of esters is 1. The predicted octanol–water partition coefficient (Wildman–Crippen LogP) is 4.78. The zero-order chi connectivity index (χ0) is 23.2. The van der Waals surface area contributed by atoms with Crippen LogP contribution in [0.3, 0.4) is 0 Å². The van der Waals surface area contributed by atoms with Gasteiger partial charge >= 0.3 is 5.97 Å². The molecular weight excluding hydrogens is 488 g/mol. The zero-order valence-corrected chi connectivity index (χ0v) is 19.2. The monoisotopic (exact) mass is 508 g/mol. The maximum absolute atomic E-state index is 12.4. The van der Waals surface area contributed by atoms with Crippen LogP contribution >= 0.6 is 15.9 Å². The maximum atomic E-state index is 12.4. The molecule has 1 saturated heterocycles. The Balaban J connectivity index is 1.24. The van der Waals surface area contributed by atoms with Gasteiger partial charge in [0.15, 0.2) is 6.61 Å². The molecule has 4 rings (SSSR count). The van der Waals surface area contributed by atoms with Gasteiger partial charge in [0.1, 0.15) is 11.5 Å². The molecule has 0 bridgehead atoms. The van der Waals surface area contributed by atoms with E-state index in [9.17, 15) is 14.4 Å². The van der Waals surface area contributed by atoms with Crippen molar-refractivity contribution in [3.05, 3.63) is 83.3 Å². The van der Waals surface area contributed by atoms with Gasteiger partial charge in [-0.25, -0.2) is 0 Å². The highest BCUT2D eigenvalue weighted by Gasteiger charge is 2.36. The van der Waals surface area contributed by atoms with E-state index in [1.807, 2.05) is 42.5 Å². The molecule has 33 heavy (non-hydrogen) atoms. The van der Waals surface area contributed by atoms with Gasteiger partial charge in [-0.1, -0.05) is 34.1 Å². The van der Waals surface area contributed by atoms with Crippen LogP contribution in [-0.4, -0.2) is 30.9 Å². The maximum Gasteiger partial charge on any atom is 0.311 e. The quantitative estimate of drug-likeness (QED) is 0.464. The minimum Gasteiger partial charge on any atom is -0.457 e. The molecule has 0 aliphatic carbocycles. The lowest BCUT2D eigenvalue weighted by molar-refractivity contribution is -0.151. The molecular formula is C25H21BrN2O5. The minimum atomic E-state index is -0.608. The topological polar surface area (TPSA) is 84.9 Å². The van der Waals surface area contributed by atoms with E-state index in [0.717, 1.165) is 10.2 Å². The SMILES string of the molecule is O=C(COC(=O)[C@H]1CC(=O)N(c2ccc(Br)cc2)C1)Nc1ccc(Oc2ccccc2)cc1. The molecule has 0 aromatic heterocycles. The third-order valence-corrected chi connectivity index (χ3v) is 5.59. The fourth-order valence-corrected chi connectivity index (χ4v) is 3.68. The number of anilines is 2. The Morgan fingerprint density at radius 2 is 1.61 bits per heavy atom. The predicted molar refractivity (Wildman–Crippen MR) is 127 cm³/mol. The first-order valence-corrected chi connectivity index (χ1v) is 11.1. The van der Waals surface area contributed by atoms with E-state index in [1.54, 1.807) is 41.3 Å². The van der Waals surface area contributed by atoms with E-state index < -0.39 is 24.4 Å². The van der Waals surface area contributed by atoms with Crippen molar-refractivity contribution in [2.24, 2.45) is 5.92 Å². The number of benzene rings is 3. The number of carbonyl (C=O) groups excluding carboxylic acids is 3. The lowest BCUT2D eigenvalue weighted by Gasteiger charge is -2.16. The van der Waals surface area contributed by atoms with Gasteiger partial charge in [0.05, 0.1) is 5.92 Å². The standard InChI is InChI=1S/C25H21BrN2O5/c26-18-6-10-20(11-7-18)28-15-17(14-24(28)30)25(31)32-16-23(29)27-19-8-12-22(13-9-19)33-21-4-2-1-3-5-21/h1-13,17H,14-16H2,(H,27,29)/t17-/m0/s1.